The summed E-state index contributed by atoms with van der Waals surface area (Å²) in [6.45, 7) is 3.11. The van der Waals surface area contributed by atoms with Gasteiger partial charge >= 0.3 is 6.18 Å². The lowest BCUT2D eigenvalue weighted by Crippen LogP contribution is -2.34. The molecule has 5 nitrogen and oxygen atoms in total. The molecule has 3 aromatic rings. The first-order valence-electron chi connectivity index (χ1n) is 8.97. The van der Waals surface area contributed by atoms with Gasteiger partial charge in [0.05, 0.1) is 5.56 Å². The molecule has 4 rings (SSSR count). The van der Waals surface area contributed by atoms with Crippen molar-refractivity contribution in [3.8, 4) is 10.7 Å². The topological polar surface area (TPSA) is 54.8 Å². The number of aromatic nitrogens is 4. The molecule has 28 heavy (non-hydrogen) atoms. The Labute approximate surface area is 164 Å². The molecule has 0 radical (unpaired) electrons. The van der Waals surface area contributed by atoms with E-state index >= 15 is 0 Å². The van der Waals surface area contributed by atoms with Gasteiger partial charge in [0, 0.05) is 13.1 Å². The lowest BCUT2D eigenvalue weighted by atomic mass is 9.86. The highest BCUT2D eigenvalue weighted by Gasteiger charge is 2.35. The van der Waals surface area contributed by atoms with Crippen LogP contribution in [0.15, 0.2) is 36.4 Å². The predicted octanol–water partition coefficient (Wildman–Crippen LogP) is 4.71. The minimum absolute atomic E-state index is 0.106. The van der Waals surface area contributed by atoms with Crippen LogP contribution < -0.4 is 4.90 Å². The fourth-order valence-corrected chi connectivity index (χ4v) is 4.17. The van der Waals surface area contributed by atoms with Crippen molar-refractivity contribution in [2.24, 2.45) is 0 Å². The van der Waals surface area contributed by atoms with E-state index in [2.05, 4.69) is 24.5 Å². The minimum Gasteiger partial charge on any atom is -0.355 e. The lowest BCUT2D eigenvalue weighted by Gasteiger charge is -2.33. The van der Waals surface area contributed by atoms with Crippen LogP contribution >= 0.6 is 11.5 Å². The van der Waals surface area contributed by atoms with Crippen LogP contribution in [0.25, 0.3) is 10.7 Å². The Bertz CT molecular complexity index is 947. The maximum absolute atomic E-state index is 13.3. The Morgan fingerprint density at radius 3 is 2.39 bits per heavy atom. The average molecular weight is 405 g/mol. The van der Waals surface area contributed by atoms with Crippen LogP contribution in [0.1, 0.15) is 35.7 Å². The van der Waals surface area contributed by atoms with Crippen molar-refractivity contribution in [3.63, 3.8) is 0 Å². The van der Waals surface area contributed by atoms with Gasteiger partial charge in [-0.05, 0) is 61.0 Å². The van der Waals surface area contributed by atoms with Gasteiger partial charge < -0.3 is 4.90 Å². The molecule has 1 fully saturated rings. The van der Waals surface area contributed by atoms with Crippen LogP contribution in [0.2, 0.25) is 0 Å². The van der Waals surface area contributed by atoms with E-state index in [0.717, 1.165) is 10.8 Å². The van der Waals surface area contributed by atoms with Gasteiger partial charge in [0.25, 0.3) is 0 Å². The van der Waals surface area contributed by atoms with Crippen molar-refractivity contribution in [1.82, 2.24) is 19.6 Å². The number of aryl methyl sites for hydroxylation is 1. The summed E-state index contributed by atoms with van der Waals surface area (Å²) >= 11 is 1.28. The number of piperidine rings is 1. The molecule has 2 aromatic heterocycles. The Balaban J connectivity index is 1.45. The number of alkyl halides is 3. The van der Waals surface area contributed by atoms with E-state index in [1.165, 1.54) is 23.7 Å². The van der Waals surface area contributed by atoms with Gasteiger partial charge in [-0.15, -0.1) is 10.2 Å². The van der Waals surface area contributed by atoms with Gasteiger partial charge in [0.2, 0.25) is 0 Å². The fourth-order valence-electron chi connectivity index (χ4n) is 3.54. The smallest absolute Gasteiger partial charge is 0.355 e. The lowest BCUT2D eigenvalue weighted by molar-refractivity contribution is -0.138. The Kier molecular flexibility index (Phi) is 5.01. The molecule has 1 aliphatic rings. The van der Waals surface area contributed by atoms with Gasteiger partial charge in [-0.2, -0.15) is 17.5 Å². The molecule has 1 saturated heterocycles. The van der Waals surface area contributed by atoms with Crippen molar-refractivity contribution >= 4 is 17.4 Å². The summed E-state index contributed by atoms with van der Waals surface area (Å²) in [6, 6.07) is 9.62. The summed E-state index contributed by atoms with van der Waals surface area (Å²) in [5.41, 5.74) is 0.538. The summed E-state index contributed by atoms with van der Waals surface area (Å²) in [6.07, 6.45) is -3.03. The molecule has 0 saturated carbocycles. The Hall–Kier alpha value is -2.55. The highest BCUT2D eigenvalue weighted by molar-refractivity contribution is 7.09. The second-order valence-corrected chi connectivity index (χ2v) is 7.52. The van der Waals surface area contributed by atoms with E-state index < -0.39 is 11.7 Å². The van der Waals surface area contributed by atoms with Gasteiger partial charge in [0.1, 0.15) is 11.5 Å². The molecular weight excluding hydrogens is 387 g/mol. The number of benzene rings is 1. The maximum atomic E-state index is 13.3. The van der Waals surface area contributed by atoms with E-state index in [4.69, 9.17) is 0 Å². The molecular formula is C19H18F3N5S. The summed E-state index contributed by atoms with van der Waals surface area (Å²) in [5.74, 6) is 1.32. The van der Waals surface area contributed by atoms with Crippen LogP contribution in [-0.4, -0.2) is 32.6 Å². The zero-order chi connectivity index (χ0) is 19.7. The summed E-state index contributed by atoms with van der Waals surface area (Å²) < 4.78 is 44.0. The van der Waals surface area contributed by atoms with E-state index in [9.17, 15) is 13.2 Å². The molecule has 3 heterocycles. The zero-order valence-electron chi connectivity index (χ0n) is 15.1. The highest BCUT2D eigenvalue weighted by atomic mass is 32.1. The maximum Gasteiger partial charge on any atom is 0.416 e. The Morgan fingerprint density at radius 1 is 1.04 bits per heavy atom. The van der Waals surface area contributed by atoms with Gasteiger partial charge in [-0.1, -0.05) is 18.2 Å². The number of hydrogen-bond acceptors (Lipinski definition) is 6. The summed E-state index contributed by atoms with van der Waals surface area (Å²) in [7, 11) is 0. The first kappa shape index (κ1) is 18.8. The van der Waals surface area contributed by atoms with Crippen LogP contribution in [0, 0.1) is 6.92 Å². The quantitative estimate of drug-likeness (QED) is 0.632. The van der Waals surface area contributed by atoms with Crippen LogP contribution in [-0.2, 0) is 6.18 Å². The fraction of sp³-hybridized carbons (Fsp3) is 0.368. The number of hydrogen-bond donors (Lipinski definition) is 0. The van der Waals surface area contributed by atoms with E-state index in [1.807, 2.05) is 19.1 Å². The molecule has 0 spiro atoms. The molecule has 146 valence electrons. The van der Waals surface area contributed by atoms with Crippen molar-refractivity contribution in [3.05, 3.63) is 53.3 Å². The number of halogens is 3. The molecule has 1 aromatic carbocycles. The molecule has 0 atom stereocenters. The zero-order valence-corrected chi connectivity index (χ0v) is 16.0. The molecule has 0 bridgehead atoms. The first-order chi connectivity index (χ1) is 13.4. The van der Waals surface area contributed by atoms with E-state index in [-0.39, 0.29) is 5.92 Å². The van der Waals surface area contributed by atoms with Crippen molar-refractivity contribution in [1.29, 1.82) is 0 Å². The third-order valence-corrected chi connectivity index (χ3v) is 5.75. The molecule has 9 heteroatoms. The Morgan fingerprint density at radius 2 is 1.79 bits per heavy atom. The molecule has 0 unspecified atom stereocenters. The van der Waals surface area contributed by atoms with Gasteiger partial charge in [0.15, 0.2) is 10.8 Å². The van der Waals surface area contributed by atoms with Crippen molar-refractivity contribution in [2.75, 3.05) is 18.0 Å². The molecule has 0 amide bonds. The second-order valence-electron chi connectivity index (χ2n) is 6.77. The average Bonchev–Trinajstić information content (AvgIpc) is 3.14. The standard InChI is InChI=1S/C19H18F3N5S/c1-12-23-18(28-26-12)16-6-7-17(25-24-16)27-10-8-13(9-11-27)14-4-2-3-5-15(14)19(20,21)22/h2-7,13H,8-11H2,1H3. The predicted molar refractivity (Wildman–Crippen MR) is 101 cm³/mol. The third kappa shape index (κ3) is 3.84. The van der Waals surface area contributed by atoms with Crippen LogP contribution in [0.3, 0.4) is 0 Å². The summed E-state index contributed by atoms with van der Waals surface area (Å²) in [4.78, 5) is 6.36. The van der Waals surface area contributed by atoms with E-state index in [0.29, 0.717) is 43.0 Å². The van der Waals surface area contributed by atoms with E-state index in [1.54, 1.807) is 12.1 Å². The van der Waals surface area contributed by atoms with Crippen LogP contribution in [0.4, 0.5) is 19.0 Å². The largest absolute Gasteiger partial charge is 0.416 e. The minimum atomic E-state index is -4.32. The van der Waals surface area contributed by atoms with Gasteiger partial charge in [-0.3, -0.25) is 0 Å². The number of nitrogens with zero attached hydrogens (tertiary/aromatic N) is 5. The first-order valence-corrected chi connectivity index (χ1v) is 9.74. The SMILES string of the molecule is Cc1nsc(-c2ccc(N3CCC(c4ccccc4C(F)(F)F)CC3)nn2)n1. The molecule has 0 aliphatic carbocycles. The highest BCUT2D eigenvalue weighted by Crippen LogP contribution is 2.39. The monoisotopic (exact) mass is 405 g/mol. The molecule has 1 aliphatic heterocycles. The van der Waals surface area contributed by atoms with Crippen molar-refractivity contribution in [2.45, 2.75) is 31.9 Å². The van der Waals surface area contributed by atoms with Crippen molar-refractivity contribution < 1.29 is 13.2 Å². The van der Waals surface area contributed by atoms with Crippen LogP contribution in [0.5, 0.6) is 0 Å². The second kappa shape index (κ2) is 7.46. The number of rotatable bonds is 3. The number of anilines is 1. The summed E-state index contributed by atoms with van der Waals surface area (Å²) in [5, 5.41) is 9.23. The molecule has 0 N–H and O–H groups in total. The van der Waals surface area contributed by atoms with Gasteiger partial charge in [-0.25, -0.2) is 4.98 Å². The third-order valence-electron chi connectivity index (χ3n) is 4.92. The normalized spacial score (nSPS) is 15.8.